The van der Waals surface area contributed by atoms with Crippen LogP contribution >= 0.6 is 0 Å². The lowest BCUT2D eigenvalue weighted by molar-refractivity contribution is 0.0690. The van der Waals surface area contributed by atoms with Crippen molar-refractivity contribution in [3.05, 3.63) is 59.6 Å². The van der Waals surface area contributed by atoms with E-state index in [0.717, 1.165) is 23.0 Å². The topological polar surface area (TPSA) is 98.9 Å². The van der Waals surface area contributed by atoms with E-state index in [-0.39, 0.29) is 17.1 Å². The first-order chi connectivity index (χ1) is 10.5. The molecule has 0 aliphatic heterocycles. The van der Waals surface area contributed by atoms with Gasteiger partial charge in [-0.05, 0) is 18.1 Å². The van der Waals surface area contributed by atoms with Crippen molar-refractivity contribution in [2.75, 3.05) is 5.32 Å². The van der Waals surface area contributed by atoms with Gasteiger partial charge in [0.1, 0.15) is 23.8 Å². The summed E-state index contributed by atoms with van der Waals surface area (Å²) in [6.45, 7) is 6.22. The molecule has 0 saturated heterocycles. The number of aromatic carboxylic acids is 1. The molecule has 0 fully saturated rings. The molecule has 2 rings (SSSR count). The van der Waals surface area contributed by atoms with Gasteiger partial charge in [0, 0.05) is 6.54 Å². The van der Waals surface area contributed by atoms with E-state index in [9.17, 15) is 4.79 Å². The van der Waals surface area contributed by atoms with Gasteiger partial charge in [0.05, 0.1) is 0 Å². The summed E-state index contributed by atoms with van der Waals surface area (Å²) in [5.41, 5.74) is 2.63. The Morgan fingerprint density at radius 3 is 2.59 bits per heavy atom. The summed E-state index contributed by atoms with van der Waals surface area (Å²) in [6.07, 6.45) is 1.12. The zero-order valence-electron chi connectivity index (χ0n) is 12.0. The normalized spacial score (nSPS) is 9.82. The molecule has 0 saturated carbocycles. The van der Waals surface area contributed by atoms with Gasteiger partial charge in [-0.3, -0.25) is 0 Å². The molecular formula is C16H14N4O2. The molecule has 1 aromatic heterocycles. The second kappa shape index (κ2) is 6.50. The largest absolute Gasteiger partial charge is 0.476 e. The summed E-state index contributed by atoms with van der Waals surface area (Å²) in [5, 5.41) is 21.1. The summed E-state index contributed by atoms with van der Waals surface area (Å²) < 4.78 is 0. The summed E-state index contributed by atoms with van der Waals surface area (Å²) in [5.74, 6) is -1.05. The predicted octanol–water partition coefficient (Wildman–Crippen LogP) is 2.69. The van der Waals surface area contributed by atoms with E-state index in [1.807, 2.05) is 37.3 Å². The van der Waals surface area contributed by atoms with Crippen molar-refractivity contribution in [2.24, 2.45) is 0 Å². The lowest BCUT2D eigenvalue weighted by atomic mass is 10.1. The Kier molecular flexibility index (Phi) is 4.49. The Morgan fingerprint density at radius 1 is 1.36 bits per heavy atom. The number of hydrogen-bond acceptors (Lipinski definition) is 5. The number of carboxylic acid groups (broad SMARTS) is 1. The Balaban J connectivity index is 2.18. The number of carboxylic acids is 1. The Labute approximate surface area is 127 Å². The maximum absolute atomic E-state index is 11.0. The van der Waals surface area contributed by atoms with Crippen molar-refractivity contribution in [3.63, 3.8) is 0 Å². The van der Waals surface area contributed by atoms with Gasteiger partial charge in [-0.2, -0.15) is 5.26 Å². The average molecular weight is 294 g/mol. The van der Waals surface area contributed by atoms with Crippen LogP contribution in [0.1, 0.15) is 34.1 Å². The molecule has 0 atom stereocenters. The van der Waals surface area contributed by atoms with E-state index in [2.05, 4.69) is 21.9 Å². The first-order valence-corrected chi connectivity index (χ1v) is 6.50. The fourth-order valence-corrected chi connectivity index (χ4v) is 1.88. The number of nitrogens with zero attached hydrogens (tertiary/aromatic N) is 3. The van der Waals surface area contributed by atoms with Crippen molar-refractivity contribution in [2.45, 2.75) is 13.5 Å². The minimum atomic E-state index is -1.26. The van der Waals surface area contributed by atoms with Crippen LogP contribution in [-0.2, 0) is 6.54 Å². The second-order valence-corrected chi connectivity index (χ2v) is 4.69. The van der Waals surface area contributed by atoms with E-state index in [0.29, 0.717) is 6.54 Å². The molecule has 2 N–H and O–H groups in total. The van der Waals surface area contributed by atoms with Crippen LogP contribution in [0.25, 0.3) is 5.57 Å². The molecule has 0 bridgehead atoms. The standard InChI is InChI=1S/C16H14N4O2/c1-10(2)12-5-3-11(4-6-12)8-18-15-13(7-17)14(16(21)22)19-9-20-15/h3-6,9H,1,8H2,2H3,(H,21,22)(H,18,19,20). The number of nitriles is 1. The third-order valence-electron chi connectivity index (χ3n) is 3.07. The van der Waals surface area contributed by atoms with E-state index in [1.165, 1.54) is 0 Å². The zero-order valence-corrected chi connectivity index (χ0v) is 12.0. The Morgan fingerprint density at radius 2 is 2.05 bits per heavy atom. The van der Waals surface area contributed by atoms with Gasteiger partial charge in [0.15, 0.2) is 5.69 Å². The molecule has 2 aromatic rings. The maximum Gasteiger partial charge on any atom is 0.356 e. The molecule has 6 nitrogen and oxygen atoms in total. The highest BCUT2D eigenvalue weighted by Gasteiger charge is 2.16. The van der Waals surface area contributed by atoms with Crippen molar-refractivity contribution < 1.29 is 9.90 Å². The van der Waals surface area contributed by atoms with Crippen molar-refractivity contribution >= 4 is 17.4 Å². The molecule has 0 amide bonds. The number of carbonyl (C=O) groups is 1. The predicted molar refractivity (Wildman–Crippen MR) is 82.2 cm³/mol. The van der Waals surface area contributed by atoms with Crippen LogP contribution < -0.4 is 5.32 Å². The van der Waals surface area contributed by atoms with Gasteiger partial charge in [0.25, 0.3) is 0 Å². The lowest BCUT2D eigenvalue weighted by Crippen LogP contribution is -2.10. The van der Waals surface area contributed by atoms with Gasteiger partial charge >= 0.3 is 5.97 Å². The van der Waals surface area contributed by atoms with Crippen LogP contribution in [0, 0.1) is 11.3 Å². The number of nitrogens with one attached hydrogen (secondary N) is 1. The number of hydrogen-bond donors (Lipinski definition) is 2. The minimum absolute atomic E-state index is 0.0754. The van der Waals surface area contributed by atoms with E-state index in [1.54, 1.807) is 0 Å². The van der Waals surface area contributed by atoms with Crippen LogP contribution in [0.3, 0.4) is 0 Å². The zero-order chi connectivity index (χ0) is 16.1. The van der Waals surface area contributed by atoms with Crippen LogP contribution in [-0.4, -0.2) is 21.0 Å². The van der Waals surface area contributed by atoms with Crippen LogP contribution in [0.5, 0.6) is 0 Å². The van der Waals surface area contributed by atoms with Gasteiger partial charge in [-0.1, -0.05) is 36.4 Å². The molecule has 0 unspecified atom stereocenters. The lowest BCUT2D eigenvalue weighted by Gasteiger charge is -2.09. The number of anilines is 1. The van der Waals surface area contributed by atoms with Crippen LogP contribution in [0.2, 0.25) is 0 Å². The smallest absolute Gasteiger partial charge is 0.356 e. The molecule has 0 aliphatic rings. The minimum Gasteiger partial charge on any atom is -0.476 e. The molecule has 0 spiro atoms. The van der Waals surface area contributed by atoms with Gasteiger partial charge in [-0.25, -0.2) is 14.8 Å². The second-order valence-electron chi connectivity index (χ2n) is 4.69. The summed E-state index contributed by atoms with van der Waals surface area (Å²) in [7, 11) is 0. The van der Waals surface area contributed by atoms with Crippen molar-refractivity contribution in [3.8, 4) is 6.07 Å². The first-order valence-electron chi connectivity index (χ1n) is 6.50. The molecular weight excluding hydrogens is 280 g/mol. The molecule has 0 aliphatic carbocycles. The molecule has 22 heavy (non-hydrogen) atoms. The number of allylic oxidation sites excluding steroid dienone is 1. The highest BCUT2D eigenvalue weighted by atomic mass is 16.4. The maximum atomic E-state index is 11.0. The van der Waals surface area contributed by atoms with Crippen LogP contribution in [0.4, 0.5) is 5.82 Å². The third kappa shape index (κ3) is 3.27. The molecule has 1 heterocycles. The Hall–Kier alpha value is -3.20. The summed E-state index contributed by atoms with van der Waals surface area (Å²) in [4.78, 5) is 18.6. The quantitative estimate of drug-likeness (QED) is 0.879. The van der Waals surface area contributed by atoms with E-state index < -0.39 is 5.97 Å². The summed E-state index contributed by atoms with van der Waals surface area (Å²) in [6, 6.07) is 9.59. The number of benzene rings is 1. The Bertz CT molecular complexity index is 761. The molecule has 1 aromatic carbocycles. The summed E-state index contributed by atoms with van der Waals surface area (Å²) >= 11 is 0. The fourth-order valence-electron chi connectivity index (χ4n) is 1.88. The van der Waals surface area contributed by atoms with Crippen molar-refractivity contribution in [1.29, 1.82) is 5.26 Å². The highest BCUT2D eigenvalue weighted by molar-refractivity contribution is 5.89. The number of aromatic nitrogens is 2. The fraction of sp³-hybridized carbons (Fsp3) is 0.125. The first kappa shape index (κ1) is 15.2. The van der Waals surface area contributed by atoms with E-state index in [4.69, 9.17) is 10.4 Å². The highest BCUT2D eigenvalue weighted by Crippen LogP contribution is 2.16. The molecule has 0 radical (unpaired) electrons. The van der Waals surface area contributed by atoms with Gasteiger partial charge in [-0.15, -0.1) is 0 Å². The molecule has 110 valence electrons. The van der Waals surface area contributed by atoms with Crippen LogP contribution in [0.15, 0.2) is 37.2 Å². The molecule has 6 heteroatoms. The number of rotatable bonds is 5. The van der Waals surface area contributed by atoms with Gasteiger partial charge in [0.2, 0.25) is 0 Å². The SMILES string of the molecule is C=C(C)c1ccc(CNc2ncnc(C(=O)O)c2C#N)cc1. The van der Waals surface area contributed by atoms with Crippen molar-refractivity contribution in [1.82, 2.24) is 9.97 Å². The average Bonchev–Trinajstić information content (AvgIpc) is 2.52. The third-order valence-corrected chi connectivity index (χ3v) is 3.07. The van der Waals surface area contributed by atoms with Gasteiger partial charge < -0.3 is 10.4 Å². The van der Waals surface area contributed by atoms with E-state index >= 15 is 0 Å². The monoisotopic (exact) mass is 294 g/mol.